The second kappa shape index (κ2) is 9.40. The molecule has 0 amide bonds. The molecule has 0 fully saturated rings. The zero-order chi connectivity index (χ0) is 23.6. The molecule has 0 bridgehead atoms. The molecular formula is C23H27N3O6S. The van der Waals surface area contributed by atoms with Crippen LogP contribution in [0.1, 0.15) is 54.3 Å². The third-order valence-electron chi connectivity index (χ3n) is 6.09. The lowest BCUT2D eigenvalue weighted by Crippen LogP contribution is -2.33. The number of fused-ring (bicyclic) bond motifs is 1. The van der Waals surface area contributed by atoms with Crippen LogP contribution < -0.4 is 20.0 Å². The van der Waals surface area contributed by atoms with Crippen LogP contribution in [0.3, 0.4) is 0 Å². The number of sulfonamides is 1. The highest BCUT2D eigenvalue weighted by Crippen LogP contribution is 2.37. The summed E-state index contributed by atoms with van der Waals surface area (Å²) in [5.74, 6) is -0.544. The van der Waals surface area contributed by atoms with Gasteiger partial charge in [0.2, 0.25) is 15.9 Å². The largest absolute Gasteiger partial charge is 0.497 e. The average Bonchev–Trinajstić information content (AvgIpc) is 3.27. The van der Waals surface area contributed by atoms with Crippen molar-refractivity contribution in [3.8, 4) is 11.5 Å². The number of hydrogen-bond acceptors (Lipinski definition) is 7. The van der Waals surface area contributed by atoms with E-state index < -0.39 is 21.8 Å². The monoisotopic (exact) mass is 473 g/mol. The number of H-pyrrole nitrogens is 1. The molecule has 0 radical (unpaired) electrons. The maximum Gasteiger partial charge on any atom is 0.434 e. The Labute approximate surface area is 192 Å². The van der Waals surface area contributed by atoms with Crippen molar-refractivity contribution in [2.24, 2.45) is 0 Å². The van der Waals surface area contributed by atoms with Crippen LogP contribution in [-0.2, 0) is 22.9 Å². The fraction of sp³-hybridized carbons (Fsp3) is 0.391. The molecule has 33 heavy (non-hydrogen) atoms. The highest BCUT2D eigenvalue weighted by molar-refractivity contribution is 7.89. The van der Waals surface area contributed by atoms with Crippen LogP contribution in [0.2, 0.25) is 0 Å². The Bertz CT molecular complexity index is 1300. The van der Waals surface area contributed by atoms with E-state index in [1.807, 2.05) is 19.1 Å². The number of methoxy groups -OCH3 is 2. The van der Waals surface area contributed by atoms with Crippen molar-refractivity contribution >= 4 is 10.0 Å². The number of nitrogens with one attached hydrogen (secondary N) is 2. The van der Waals surface area contributed by atoms with Gasteiger partial charge in [-0.1, -0.05) is 25.1 Å². The Hall–Kier alpha value is -3.11. The molecular weight excluding hydrogens is 446 g/mol. The fourth-order valence-corrected chi connectivity index (χ4v) is 5.81. The molecule has 1 aliphatic carbocycles. The number of hydrogen-bond donors (Lipinski definition) is 2. The molecule has 2 N–H and O–H groups in total. The van der Waals surface area contributed by atoms with Crippen LogP contribution in [0.15, 0.2) is 50.5 Å². The van der Waals surface area contributed by atoms with Crippen LogP contribution in [0.5, 0.6) is 11.5 Å². The van der Waals surface area contributed by atoms with Gasteiger partial charge in [0.05, 0.1) is 14.2 Å². The maximum atomic E-state index is 13.4. The summed E-state index contributed by atoms with van der Waals surface area (Å²) in [5, 5.41) is 6.17. The second-order valence-corrected chi connectivity index (χ2v) is 9.73. The van der Waals surface area contributed by atoms with Gasteiger partial charge in [-0.25, -0.2) is 18.3 Å². The second-order valence-electron chi connectivity index (χ2n) is 8.05. The zero-order valence-electron chi connectivity index (χ0n) is 18.8. The normalized spacial score (nSPS) is 15.5. The van der Waals surface area contributed by atoms with Gasteiger partial charge in [-0.15, -0.1) is 5.10 Å². The van der Waals surface area contributed by atoms with Crippen LogP contribution in [0, 0.1) is 0 Å². The number of rotatable bonds is 8. The molecule has 4 rings (SSSR count). The highest BCUT2D eigenvalue weighted by atomic mass is 32.2. The molecule has 176 valence electrons. The van der Waals surface area contributed by atoms with E-state index in [2.05, 4.69) is 21.0 Å². The van der Waals surface area contributed by atoms with E-state index >= 15 is 0 Å². The van der Waals surface area contributed by atoms with Gasteiger partial charge >= 0.3 is 5.76 Å². The predicted octanol–water partition coefficient (Wildman–Crippen LogP) is 3.08. The van der Waals surface area contributed by atoms with Crippen LogP contribution in [0.25, 0.3) is 0 Å². The summed E-state index contributed by atoms with van der Waals surface area (Å²) in [5.41, 5.74) is 3.50. The summed E-state index contributed by atoms with van der Waals surface area (Å²) in [7, 11) is -1.22. The Balaban J connectivity index is 1.76. The molecule has 0 saturated heterocycles. The summed E-state index contributed by atoms with van der Waals surface area (Å²) >= 11 is 0. The third-order valence-corrected chi connectivity index (χ3v) is 7.57. The van der Waals surface area contributed by atoms with Crippen molar-refractivity contribution < 1.29 is 22.3 Å². The van der Waals surface area contributed by atoms with Gasteiger partial charge in [0, 0.05) is 12.0 Å². The van der Waals surface area contributed by atoms with Gasteiger partial charge in [-0.2, -0.15) is 4.72 Å². The molecule has 1 heterocycles. The van der Waals surface area contributed by atoms with Crippen molar-refractivity contribution in [1.29, 1.82) is 0 Å². The molecule has 2 atom stereocenters. The quantitative estimate of drug-likeness (QED) is 0.515. The number of ether oxygens (including phenoxy) is 2. The van der Waals surface area contributed by atoms with Crippen LogP contribution >= 0.6 is 0 Å². The minimum absolute atomic E-state index is 0.0306. The minimum Gasteiger partial charge on any atom is -0.497 e. The number of benzene rings is 2. The smallest absolute Gasteiger partial charge is 0.434 e. The standard InChI is InChI=1S/C23H27N3O6S/c1-14(17-10-6-8-15-7-4-5-9-18(15)17)21(22-24-25-23(27)32-22)26-33(28,29)20-12-11-16(30-2)13-19(20)31-3/h6,8,10-14,21,26H,4-5,7,9H2,1-3H3,(H,25,27). The van der Waals surface area contributed by atoms with Gasteiger partial charge in [-0.05, 0) is 54.5 Å². The van der Waals surface area contributed by atoms with E-state index in [4.69, 9.17) is 13.9 Å². The van der Waals surface area contributed by atoms with Gasteiger partial charge in [0.1, 0.15) is 22.4 Å². The van der Waals surface area contributed by atoms with E-state index in [1.54, 1.807) is 0 Å². The minimum atomic E-state index is -4.09. The summed E-state index contributed by atoms with van der Waals surface area (Å²) in [4.78, 5) is 11.6. The average molecular weight is 474 g/mol. The molecule has 10 heteroatoms. The Morgan fingerprint density at radius 2 is 1.91 bits per heavy atom. The van der Waals surface area contributed by atoms with E-state index in [0.29, 0.717) is 5.75 Å². The third kappa shape index (κ3) is 4.67. The zero-order valence-corrected chi connectivity index (χ0v) is 19.6. The van der Waals surface area contributed by atoms with Crippen LogP contribution in [0.4, 0.5) is 0 Å². The first-order chi connectivity index (χ1) is 15.8. The Morgan fingerprint density at radius 1 is 1.12 bits per heavy atom. The van der Waals surface area contributed by atoms with Gasteiger partial charge in [0.15, 0.2) is 0 Å². The lowest BCUT2D eigenvalue weighted by Gasteiger charge is -2.27. The van der Waals surface area contributed by atoms with E-state index in [0.717, 1.165) is 31.2 Å². The molecule has 1 aliphatic rings. The molecule has 1 aromatic heterocycles. The van der Waals surface area contributed by atoms with Gasteiger partial charge in [0.25, 0.3) is 0 Å². The van der Waals surface area contributed by atoms with E-state index in [1.165, 1.54) is 43.5 Å². The number of aromatic amines is 1. The first kappa shape index (κ1) is 23.1. The predicted molar refractivity (Wildman–Crippen MR) is 121 cm³/mol. The molecule has 0 saturated carbocycles. The lowest BCUT2D eigenvalue weighted by molar-refractivity contribution is 0.375. The van der Waals surface area contributed by atoms with Crippen molar-refractivity contribution in [1.82, 2.24) is 14.9 Å². The topological polar surface area (TPSA) is 124 Å². The van der Waals surface area contributed by atoms with E-state index in [-0.39, 0.29) is 22.5 Å². The summed E-state index contributed by atoms with van der Waals surface area (Å²) in [6.45, 7) is 1.90. The molecule has 0 aliphatic heterocycles. The lowest BCUT2D eigenvalue weighted by atomic mass is 9.82. The highest BCUT2D eigenvalue weighted by Gasteiger charge is 2.34. The number of aromatic nitrogens is 2. The van der Waals surface area contributed by atoms with Crippen molar-refractivity contribution in [3.63, 3.8) is 0 Å². The Morgan fingerprint density at radius 3 is 2.61 bits per heavy atom. The first-order valence-corrected chi connectivity index (χ1v) is 12.2. The first-order valence-electron chi connectivity index (χ1n) is 10.7. The molecule has 2 aromatic carbocycles. The fourth-order valence-electron chi connectivity index (χ4n) is 4.39. The molecule has 0 spiro atoms. The summed E-state index contributed by atoms with van der Waals surface area (Å²) in [6, 6.07) is 9.61. The van der Waals surface area contributed by atoms with E-state index in [9.17, 15) is 13.2 Å². The van der Waals surface area contributed by atoms with Crippen molar-refractivity contribution in [2.45, 2.75) is 49.5 Å². The molecule has 9 nitrogen and oxygen atoms in total. The number of aryl methyl sites for hydroxylation is 1. The number of nitrogens with zero attached hydrogens (tertiary/aromatic N) is 1. The molecule has 3 aromatic rings. The van der Waals surface area contributed by atoms with Gasteiger partial charge < -0.3 is 13.9 Å². The summed E-state index contributed by atoms with van der Waals surface area (Å²) < 4.78 is 45.2. The van der Waals surface area contributed by atoms with Crippen LogP contribution in [-0.4, -0.2) is 32.8 Å². The van der Waals surface area contributed by atoms with Gasteiger partial charge in [-0.3, -0.25) is 0 Å². The molecule has 2 unspecified atom stereocenters. The maximum absolute atomic E-state index is 13.4. The Kier molecular flexibility index (Phi) is 6.57. The summed E-state index contributed by atoms with van der Waals surface area (Å²) in [6.07, 6.45) is 4.12. The van der Waals surface area contributed by atoms with Crippen molar-refractivity contribution in [2.75, 3.05) is 14.2 Å². The SMILES string of the molecule is COc1ccc(S(=O)(=O)NC(c2n[nH]c(=O)o2)C(C)c2cccc3c2CCCC3)c(OC)c1. The van der Waals surface area contributed by atoms with Crippen molar-refractivity contribution in [3.05, 3.63) is 69.5 Å².